The first kappa shape index (κ1) is 34.0. The maximum absolute atomic E-state index is 14.1. The lowest BCUT2D eigenvalue weighted by molar-refractivity contribution is -0.320. The minimum absolute atomic E-state index is 0.0550. The highest BCUT2D eigenvalue weighted by Crippen LogP contribution is 2.52. The molecule has 1 saturated heterocycles. The summed E-state index contributed by atoms with van der Waals surface area (Å²) in [6.45, 7) is 16.6. The van der Waals surface area contributed by atoms with Crippen molar-refractivity contribution in [3.63, 3.8) is 0 Å². The van der Waals surface area contributed by atoms with E-state index in [1.807, 2.05) is 24.3 Å². The lowest BCUT2D eigenvalue weighted by Gasteiger charge is -2.49. The number of allylic oxidation sites excluding steroid dienone is 2. The number of ether oxygens (including phenoxy) is 7. The van der Waals surface area contributed by atoms with Gasteiger partial charge in [-0.15, -0.1) is 6.58 Å². The van der Waals surface area contributed by atoms with E-state index in [0.717, 1.165) is 30.2 Å². The molecule has 2 fully saturated rings. The number of hydrogen-bond acceptors (Lipinski definition) is 8. The Morgan fingerprint density at radius 1 is 1.12 bits per heavy atom. The van der Waals surface area contributed by atoms with Crippen LogP contribution in [0.3, 0.4) is 0 Å². The van der Waals surface area contributed by atoms with Crippen molar-refractivity contribution in [3.8, 4) is 5.75 Å². The number of carbonyl (C=O) groups is 1. The topological polar surface area (TPSA) is 81.7 Å². The number of ketones is 1. The van der Waals surface area contributed by atoms with E-state index in [9.17, 15) is 4.79 Å². The summed E-state index contributed by atoms with van der Waals surface area (Å²) < 4.78 is 42.4. The molecule has 3 aliphatic rings. The average Bonchev–Trinajstić information content (AvgIpc) is 3.28. The fraction of sp³-hybridized carbons (Fsp3) is 0.676. The molecule has 1 heterocycles. The van der Waals surface area contributed by atoms with Gasteiger partial charge in [0.15, 0.2) is 12.1 Å². The number of fused-ring (bicyclic) bond motifs is 2. The number of benzene rings is 1. The van der Waals surface area contributed by atoms with E-state index in [-0.39, 0.29) is 49.6 Å². The molecule has 0 spiro atoms. The van der Waals surface area contributed by atoms with Crippen molar-refractivity contribution in [3.05, 3.63) is 54.1 Å². The second kappa shape index (κ2) is 14.5. The van der Waals surface area contributed by atoms with E-state index in [2.05, 4.69) is 46.1 Å². The minimum atomic E-state index is -1.27. The third-order valence-electron chi connectivity index (χ3n) is 9.54. The zero-order chi connectivity index (χ0) is 31.3. The predicted molar refractivity (Wildman–Crippen MR) is 169 cm³/mol. The number of hydrogen-bond donors (Lipinski definition) is 0. The number of carbonyl (C=O) groups excluding carboxylic acids is 1. The first-order valence-electron chi connectivity index (χ1n) is 15.5. The van der Waals surface area contributed by atoms with Gasteiger partial charge in [-0.1, -0.05) is 63.3 Å². The summed E-state index contributed by atoms with van der Waals surface area (Å²) in [4.78, 5) is 14.1. The fourth-order valence-electron chi connectivity index (χ4n) is 6.75. The third kappa shape index (κ3) is 7.87. The van der Waals surface area contributed by atoms with Gasteiger partial charge < -0.3 is 33.2 Å². The van der Waals surface area contributed by atoms with E-state index in [1.165, 1.54) is 5.57 Å². The maximum Gasteiger partial charge on any atom is 0.184 e. The molecule has 6 atom stereocenters. The Balaban J connectivity index is 1.65. The van der Waals surface area contributed by atoms with Gasteiger partial charge in [0, 0.05) is 45.6 Å². The van der Waals surface area contributed by atoms with Crippen LogP contribution in [0.15, 0.2) is 48.6 Å². The maximum atomic E-state index is 14.1. The fourth-order valence-corrected chi connectivity index (χ4v) is 7.50. The molecule has 0 radical (unpaired) electrons. The molecule has 0 N–H and O–H groups in total. The van der Waals surface area contributed by atoms with Crippen LogP contribution >= 0.6 is 0 Å². The summed E-state index contributed by atoms with van der Waals surface area (Å²) in [6.07, 6.45) is 5.13. The van der Waals surface area contributed by atoms with Crippen LogP contribution in [-0.4, -0.2) is 72.7 Å². The number of rotatable bonds is 13. The number of methoxy groups -OCH3 is 2. The number of Topliss-reactive ketones (excluding diaryl/α,β-unsaturated/α-hetero) is 1. The van der Waals surface area contributed by atoms with Gasteiger partial charge in [0.25, 0.3) is 0 Å². The van der Waals surface area contributed by atoms with Gasteiger partial charge >= 0.3 is 0 Å². The summed E-state index contributed by atoms with van der Waals surface area (Å²) in [5.41, 5.74) is 1.07. The molecule has 2 aliphatic carbocycles. The Morgan fingerprint density at radius 2 is 1.86 bits per heavy atom. The first-order valence-corrected chi connectivity index (χ1v) is 19.2. The highest BCUT2D eigenvalue weighted by atomic mass is 28.3. The van der Waals surface area contributed by atoms with Crippen LogP contribution in [0.1, 0.15) is 51.4 Å². The van der Waals surface area contributed by atoms with Gasteiger partial charge in [0.1, 0.15) is 37.1 Å². The van der Waals surface area contributed by atoms with Crippen molar-refractivity contribution in [2.75, 3.05) is 41.0 Å². The van der Waals surface area contributed by atoms with Crippen LogP contribution in [0.2, 0.25) is 25.7 Å². The molecule has 0 amide bonds. The average molecular weight is 617 g/mol. The molecule has 240 valence electrons. The second-order valence-corrected chi connectivity index (χ2v) is 19.5. The molecule has 1 saturated carbocycles. The highest BCUT2D eigenvalue weighted by molar-refractivity contribution is 6.76. The lowest BCUT2D eigenvalue weighted by atomic mass is 9.74. The van der Waals surface area contributed by atoms with Crippen molar-refractivity contribution < 1.29 is 38.0 Å². The molecule has 1 aromatic rings. The second-order valence-electron chi connectivity index (χ2n) is 13.8. The van der Waals surface area contributed by atoms with Crippen LogP contribution in [-0.2, 0) is 33.2 Å². The van der Waals surface area contributed by atoms with E-state index in [4.69, 9.17) is 33.2 Å². The normalized spacial score (nSPS) is 32.3. The zero-order valence-electron chi connectivity index (χ0n) is 27.2. The molecule has 1 aliphatic heterocycles. The van der Waals surface area contributed by atoms with Crippen molar-refractivity contribution in [1.82, 2.24) is 0 Å². The lowest BCUT2D eigenvalue weighted by Crippen LogP contribution is -2.59. The van der Waals surface area contributed by atoms with E-state index < -0.39 is 32.2 Å². The van der Waals surface area contributed by atoms with Gasteiger partial charge in [-0.25, -0.2) is 0 Å². The molecule has 2 bridgehead atoms. The van der Waals surface area contributed by atoms with Crippen molar-refractivity contribution in [2.24, 2.45) is 17.3 Å². The monoisotopic (exact) mass is 616 g/mol. The van der Waals surface area contributed by atoms with Gasteiger partial charge in [-0.2, -0.15) is 0 Å². The molecule has 0 unspecified atom stereocenters. The third-order valence-corrected chi connectivity index (χ3v) is 11.2. The highest BCUT2D eigenvalue weighted by Gasteiger charge is 2.54. The molecule has 1 aromatic carbocycles. The summed E-state index contributed by atoms with van der Waals surface area (Å²) in [5.74, 6) is 0.638. The quantitative estimate of drug-likeness (QED) is 0.105. The zero-order valence-corrected chi connectivity index (χ0v) is 28.2. The summed E-state index contributed by atoms with van der Waals surface area (Å²) >= 11 is 0. The van der Waals surface area contributed by atoms with Gasteiger partial charge in [-0.3, -0.25) is 4.79 Å². The molecular weight excluding hydrogens is 564 g/mol. The van der Waals surface area contributed by atoms with Crippen LogP contribution in [0.5, 0.6) is 5.75 Å². The summed E-state index contributed by atoms with van der Waals surface area (Å²) in [5, 5.41) is 0. The van der Waals surface area contributed by atoms with Crippen molar-refractivity contribution in [2.45, 2.75) is 89.3 Å². The Morgan fingerprint density at radius 3 is 2.51 bits per heavy atom. The molecular formula is C34H52O8Si. The summed E-state index contributed by atoms with van der Waals surface area (Å²) in [7, 11) is 1.95. The standard InChI is InChI=1S/C34H52O8Si/c1-9-30-34(41-23-38-18-19-43(6,7)8,21-39-32(42-30)24-10-15-27(37-5)16-11-24)26-13-12-25-14-17-28(33(25,2)3)31(29(35)20-26)40-22-36-4/h9-12,15-16,26,28,30-32H,1,13-14,17-23H2,2-8H3/b25-12+/t26-,28-,30+,31+,32-,34+/m0/s1. The molecule has 43 heavy (non-hydrogen) atoms. The largest absolute Gasteiger partial charge is 0.497 e. The van der Waals surface area contributed by atoms with E-state index in [1.54, 1.807) is 20.3 Å². The van der Waals surface area contributed by atoms with Gasteiger partial charge in [0.2, 0.25) is 0 Å². The van der Waals surface area contributed by atoms with E-state index >= 15 is 0 Å². The first-order chi connectivity index (χ1) is 20.4. The van der Waals surface area contributed by atoms with Crippen LogP contribution in [0.25, 0.3) is 0 Å². The Bertz CT molecular complexity index is 1110. The van der Waals surface area contributed by atoms with Crippen LogP contribution in [0.4, 0.5) is 0 Å². The van der Waals surface area contributed by atoms with Crippen molar-refractivity contribution >= 4 is 13.9 Å². The van der Waals surface area contributed by atoms with Crippen LogP contribution < -0.4 is 4.74 Å². The minimum Gasteiger partial charge on any atom is -0.497 e. The Hall–Kier alpha value is -1.85. The molecule has 8 nitrogen and oxygen atoms in total. The van der Waals surface area contributed by atoms with Crippen molar-refractivity contribution in [1.29, 1.82) is 0 Å². The molecule has 0 aromatic heterocycles. The van der Waals surface area contributed by atoms with Gasteiger partial charge in [0.05, 0.1) is 13.7 Å². The summed E-state index contributed by atoms with van der Waals surface area (Å²) in [6, 6.07) is 8.67. The Labute approximate surface area is 259 Å². The SMILES string of the molecule is C=C[C@H]1O[C@@H](c2ccc(OC)cc2)OC[C@@]1(OCOCC[Si](C)(C)C)[C@H]1C/C=C2\CC[C@@H]([C@@H](OCOC)C(=O)C1)C2(C)C. The Kier molecular flexibility index (Phi) is 11.5. The predicted octanol–water partition coefficient (Wildman–Crippen LogP) is 6.69. The smallest absolute Gasteiger partial charge is 0.184 e. The van der Waals surface area contributed by atoms with E-state index in [0.29, 0.717) is 13.0 Å². The van der Waals surface area contributed by atoms with Crippen LogP contribution in [0, 0.1) is 17.3 Å². The molecule has 4 rings (SSSR count). The van der Waals surface area contributed by atoms with Gasteiger partial charge in [-0.05, 0) is 42.9 Å². The molecule has 9 heteroatoms.